The molecule has 0 aliphatic rings. The van der Waals surface area contributed by atoms with Crippen LogP contribution < -0.4 is 0 Å². The number of unbranched alkanes of at least 4 members (excludes halogenated alkanes) is 1. The monoisotopic (exact) mass is 165 g/mol. The molecule has 0 unspecified atom stereocenters. The maximum absolute atomic E-state index is 5.17. The van der Waals surface area contributed by atoms with E-state index in [9.17, 15) is 0 Å². The van der Waals surface area contributed by atoms with Gasteiger partial charge in [0.2, 0.25) is 0 Å². The second-order valence-electron chi connectivity index (χ2n) is 2.71. The molecule has 1 rings (SSSR count). The molecular weight excluding hydrogens is 152 g/mol. The molecule has 0 N–H and O–H groups in total. The average molecular weight is 165 g/mol. The molecule has 0 spiro atoms. The maximum Gasteiger partial charge on any atom is 0.0409 e. The van der Waals surface area contributed by atoms with Gasteiger partial charge >= 0.3 is 0 Å². The summed E-state index contributed by atoms with van der Waals surface area (Å²) in [5.74, 6) is 0. The van der Waals surface area contributed by atoms with Gasteiger partial charge in [0.1, 0.15) is 0 Å². The third kappa shape index (κ3) is 2.51. The van der Waals surface area contributed by atoms with Gasteiger partial charge in [-0.25, -0.2) is 0 Å². The molecule has 1 radical (unpaired) electrons. The van der Waals surface area contributed by atoms with E-state index >= 15 is 0 Å². The van der Waals surface area contributed by atoms with Crippen LogP contribution in [0.2, 0.25) is 0 Å². The van der Waals surface area contributed by atoms with Gasteiger partial charge in [-0.2, -0.15) is 0 Å². The van der Waals surface area contributed by atoms with Crippen molar-refractivity contribution in [3.8, 4) is 0 Å². The summed E-state index contributed by atoms with van der Waals surface area (Å²) < 4.78 is 0. The molecular formula is C10H13S. The third-order valence-electron chi connectivity index (χ3n) is 1.77. The second-order valence-corrected chi connectivity index (χ2v) is 3.15. The van der Waals surface area contributed by atoms with Crippen molar-refractivity contribution in [2.75, 3.05) is 0 Å². The van der Waals surface area contributed by atoms with Crippen LogP contribution in [0.25, 0.3) is 0 Å². The first kappa shape index (κ1) is 8.54. The van der Waals surface area contributed by atoms with E-state index in [0.29, 0.717) is 0 Å². The Labute approximate surface area is 74.0 Å². The number of hydrogen-bond donors (Lipinski definition) is 0. The fourth-order valence-electron chi connectivity index (χ4n) is 1.08. The molecule has 0 aliphatic heterocycles. The van der Waals surface area contributed by atoms with E-state index in [-0.39, 0.29) is 0 Å². The van der Waals surface area contributed by atoms with E-state index in [0.717, 1.165) is 11.3 Å². The van der Waals surface area contributed by atoms with Crippen LogP contribution in [0.4, 0.5) is 0 Å². The zero-order valence-corrected chi connectivity index (χ0v) is 7.66. The largest absolute Gasteiger partial charge is 0.0798 e. The van der Waals surface area contributed by atoms with Gasteiger partial charge in [-0.15, -0.1) is 0 Å². The minimum atomic E-state index is 1.01. The summed E-state index contributed by atoms with van der Waals surface area (Å²) in [6, 6.07) is 8.18. The van der Waals surface area contributed by atoms with Crippen LogP contribution in [-0.4, -0.2) is 0 Å². The van der Waals surface area contributed by atoms with E-state index in [2.05, 4.69) is 19.1 Å². The molecule has 1 aromatic carbocycles. The SMILES string of the molecule is CCCCc1ccccc1[S]. The molecule has 0 atom stereocenters. The molecule has 0 aliphatic carbocycles. The molecule has 59 valence electrons. The molecule has 1 aromatic rings. The van der Waals surface area contributed by atoms with Gasteiger partial charge in [-0.3, -0.25) is 0 Å². The molecule has 0 nitrogen and oxygen atoms in total. The van der Waals surface area contributed by atoms with Crippen molar-refractivity contribution < 1.29 is 0 Å². The average Bonchev–Trinajstić information content (AvgIpc) is 2.03. The Morgan fingerprint density at radius 3 is 2.64 bits per heavy atom. The summed E-state index contributed by atoms with van der Waals surface area (Å²) in [7, 11) is 0. The first-order chi connectivity index (χ1) is 5.34. The highest BCUT2D eigenvalue weighted by atomic mass is 32.1. The van der Waals surface area contributed by atoms with Gasteiger partial charge in [0.25, 0.3) is 0 Å². The van der Waals surface area contributed by atoms with Crippen LogP contribution in [0, 0.1) is 0 Å². The predicted molar refractivity (Wildman–Crippen MR) is 50.9 cm³/mol. The summed E-state index contributed by atoms with van der Waals surface area (Å²) in [6.45, 7) is 2.20. The van der Waals surface area contributed by atoms with E-state index in [1.807, 2.05) is 12.1 Å². The summed E-state index contributed by atoms with van der Waals surface area (Å²) >= 11 is 5.17. The van der Waals surface area contributed by atoms with Crippen molar-refractivity contribution in [3.05, 3.63) is 29.8 Å². The lowest BCUT2D eigenvalue weighted by atomic mass is 10.1. The van der Waals surface area contributed by atoms with Crippen LogP contribution in [0.1, 0.15) is 25.3 Å². The standard InChI is InChI=1S/C10H13S/c1-2-3-6-9-7-4-5-8-10(9)11/h4-5,7-8H,2-3,6H2,1H3. The van der Waals surface area contributed by atoms with E-state index in [1.165, 1.54) is 18.4 Å². The Kier molecular flexibility index (Phi) is 3.37. The van der Waals surface area contributed by atoms with Gasteiger partial charge in [0.05, 0.1) is 0 Å². The Morgan fingerprint density at radius 1 is 1.27 bits per heavy atom. The molecule has 0 fully saturated rings. The van der Waals surface area contributed by atoms with Crippen LogP contribution >= 0.6 is 12.6 Å². The molecule has 0 saturated heterocycles. The first-order valence-electron chi connectivity index (χ1n) is 4.09. The maximum atomic E-state index is 5.17. The Morgan fingerprint density at radius 2 is 2.00 bits per heavy atom. The normalized spacial score (nSPS) is 9.91. The highest BCUT2D eigenvalue weighted by Crippen LogP contribution is 2.14. The van der Waals surface area contributed by atoms with Crippen molar-refractivity contribution >= 4 is 12.6 Å². The minimum absolute atomic E-state index is 1.01. The smallest absolute Gasteiger partial charge is 0.0409 e. The Hall–Kier alpha value is -0.560. The lowest BCUT2D eigenvalue weighted by molar-refractivity contribution is 0.785. The van der Waals surface area contributed by atoms with Crippen molar-refractivity contribution in [3.63, 3.8) is 0 Å². The van der Waals surface area contributed by atoms with Crippen molar-refractivity contribution in [1.29, 1.82) is 0 Å². The molecule has 0 bridgehead atoms. The Bertz CT molecular complexity index is 218. The predicted octanol–water partition coefficient (Wildman–Crippen LogP) is 3.59. The van der Waals surface area contributed by atoms with Crippen molar-refractivity contribution in [2.45, 2.75) is 31.1 Å². The number of rotatable bonds is 3. The second kappa shape index (κ2) is 4.35. The Balaban J connectivity index is 2.62. The minimum Gasteiger partial charge on any atom is -0.0798 e. The first-order valence-corrected chi connectivity index (χ1v) is 4.50. The summed E-state index contributed by atoms with van der Waals surface area (Å²) in [4.78, 5) is 1.01. The molecule has 1 heteroatoms. The quantitative estimate of drug-likeness (QED) is 0.642. The number of benzene rings is 1. The topological polar surface area (TPSA) is 0 Å². The molecule has 0 heterocycles. The van der Waals surface area contributed by atoms with Gasteiger partial charge in [-0.1, -0.05) is 44.2 Å². The zero-order valence-electron chi connectivity index (χ0n) is 6.84. The van der Waals surface area contributed by atoms with Crippen LogP contribution in [0.15, 0.2) is 29.2 Å². The fourth-order valence-corrected chi connectivity index (χ4v) is 1.33. The number of aryl methyl sites for hydroxylation is 1. The molecule has 0 amide bonds. The molecule has 0 aromatic heterocycles. The molecule has 11 heavy (non-hydrogen) atoms. The highest BCUT2D eigenvalue weighted by Gasteiger charge is 1.95. The van der Waals surface area contributed by atoms with Gasteiger partial charge in [-0.05, 0) is 24.5 Å². The van der Waals surface area contributed by atoms with Crippen molar-refractivity contribution in [2.24, 2.45) is 0 Å². The summed E-state index contributed by atoms with van der Waals surface area (Å²) in [6.07, 6.45) is 3.62. The lowest BCUT2D eigenvalue weighted by Gasteiger charge is -2.00. The van der Waals surface area contributed by atoms with Crippen LogP contribution in [0.3, 0.4) is 0 Å². The molecule has 0 saturated carbocycles. The van der Waals surface area contributed by atoms with Gasteiger partial charge in [0.15, 0.2) is 0 Å². The highest BCUT2D eigenvalue weighted by molar-refractivity contribution is 7.80. The van der Waals surface area contributed by atoms with Gasteiger partial charge < -0.3 is 0 Å². The number of hydrogen-bond acceptors (Lipinski definition) is 0. The zero-order chi connectivity index (χ0) is 8.10. The van der Waals surface area contributed by atoms with Gasteiger partial charge in [0, 0.05) is 4.90 Å². The van der Waals surface area contributed by atoms with E-state index in [1.54, 1.807) is 0 Å². The van der Waals surface area contributed by atoms with Crippen molar-refractivity contribution in [1.82, 2.24) is 0 Å². The van der Waals surface area contributed by atoms with Crippen LogP contribution in [-0.2, 0) is 6.42 Å². The van der Waals surface area contributed by atoms with E-state index in [4.69, 9.17) is 12.6 Å². The summed E-state index contributed by atoms with van der Waals surface area (Å²) in [5.41, 5.74) is 1.32. The fraction of sp³-hybridized carbons (Fsp3) is 0.400. The lowest BCUT2D eigenvalue weighted by Crippen LogP contribution is -1.85. The van der Waals surface area contributed by atoms with Crippen LogP contribution in [0.5, 0.6) is 0 Å². The summed E-state index contributed by atoms with van der Waals surface area (Å²) in [5, 5.41) is 0. The third-order valence-corrected chi connectivity index (χ3v) is 2.17. The van der Waals surface area contributed by atoms with E-state index < -0.39 is 0 Å².